The summed E-state index contributed by atoms with van der Waals surface area (Å²) in [5.41, 5.74) is 0.140. The lowest BCUT2D eigenvalue weighted by molar-refractivity contribution is -0.137. The molecule has 0 amide bonds. The van der Waals surface area contributed by atoms with Crippen molar-refractivity contribution >= 4 is 0 Å². The maximum Gasteiger partial charge on any atom is 0.416 e. The lowest BCUT2D eigenvalue weighted by Gasteiger charge is -2.07. The van der Waals surface area contributed by atoms with Crippen molar-refractivity contribution in [1.29, 1.82) is 0 Å². The van der Waals surface area contributed by atoms with Gasteiger partial charge in [-0.2, -0.15) is 13.2 Å². The molecular weight excluding hydrogens is 203 g/mol. The highest BCUT2D eigenvalue weighted by Gasteiger charge is 2.29. The van der Waals surface area contributed by atoms with Crippen molar-refractivity contribution in [2.45, 2.75) is 12.7 Å². The van der Waals surface area contributed by atoms with E-state index in [1.165, 1.54) is 12.1 Å². The minimum atomic E-state index is -4.27. The topological polar surface area (TPSA) is 12.0 Å². The quantitative estimate of drug-likeness (QED) is 0.600. The van der Waals surface area contributed by atoms with Crippen LogP contribution in [0.1, 0.15) is 11.1 Å². The molecule has 0 spiro atoms. The number of terminal acetylenes is 1. The average molecular weight is 213 g/mol. The number of benzene rings is 1. The van der Waals surface area contributed by atoms with Gasteiger partial charge in [-0.1, -0.05) is 18.1 Å². The van der Waals surface area contributed by atoms with Crippen molar-refractivity contribution in [2.24, 2.45) is 0 Å². The molecule has 0 atom stereocenters. The first-order chi connectivity index (χ1) is 7.04. The van der Waals surface area contributed by atoms with Crippen LogP contribution < -0.4 is 5.32 Å². The molecule has 4 heteroatoms. The molecule has 0 heterocycles. The van der Waals surface area contributed by atoms with Gasteiger partial charge in [-0.05, 0) is 17.7 Å². The fraction of sp³-hybridized carbons (Fsp3) is 0.273. The SMILES string of the molecule is C#CCNCc1ccc(C(F)(F)F)cc1. The molecule has 0 aromatic heterocycles. The summed E-state index contributed by atoms with van der Waals surface area (Å²) < 4.78 is 36.6. The Hall–Kier alpha value is -1.47. The summed E-state index contributed by atoms with van der Waals surface area (Å²) in [7, 11) is 0. The molecule has 1 N–H and O–H groups in total. The Morgan fingerprint density at radius 2 is 1.80 bits per heavy atom. The predicted molar refractivity (Wildman–Crippen MR) is 52.0 cm³/mol. The molecule has 0 aliphatic heterocycles. The van der Waals surface area contributed by atoms with Crippen LogP contribution in [0.15, 0.2) is 24.3 Å². The van der Waals surface area contributed by atoms with Gasteiger partial charge in [0.05, 0.1) is 12.1 Å². The van der Waals surface area contributed by atoms with Crippen LogP contribution >= 0.6 is 0 Å². The van der Waals surface area contributed by atoms with Crippen molar-refractivity contribution in [3.63, 3.8) is 0 Å². The molecule has 0 saturated carbocycles. The van der Waals surface area contributed by atoms with E-state index in [-0.39, 0.29) is 0 Å². The van der Waals surface area contributed by atoms with Crippen LogP contribution in [-0.4, -0.2) is 6.54 Å². The second-order valence-electron chi connectivity index (χ2n) is 3.00. The highest BCUT2D eigenvalue weighted by Crippen LogP contribution is 2.28. The summed E-state index contributed by atoms with van der Waals surface area (Å²) in [5, 5.41) is 2.89. The molecule has 1 rings (SSSR count). The first-order valence-corrected chi connectivity index (χ1v) is 4.34. The Balaban J connectivity index is 2.61. The third kappa shape index (κ3) is 3.64. The van der Waals surface area contributed by atoms with Crippen LogP contribution in [0.25, 0.3) is 0 Å². The largest absolute Gasteiger partial charge is 0.416 e. The number of halogens is 3. The Bertz CT molecular complexity index is 346. The smallest absolute Gasteiger partial charge is 0.302 e. The minimum Gasteiger partial charge on any atom is -0.302 e. The maximum atomic E-state index is 12.2. The molecule has 15 heavy (non-hydrogen) atoms. The molecular formula is C11H10F3N. The monoisotopic (exact) mass is 213 g/mol. The Labute approximate surface area is 86.3 Å². The van der Waals surface area contributed by atoms with Gasteiger partial charge in [0.15, 0.2) is 0 Å². The van der Waals surface area contributed by atoms with E-state index in [4.69, 9.17) is 6.42 Å². The van der Waals surface area contributed by atoms with E-state index >= 15 is 0 Å². The van der Waals surface area contributed by atoms with E-state index in [2.05, 4.69) is 11.2 Å². The minimum absolute atomic E-state index is 0.404. The average Bonchev–Trinajstić information content (AvgIpc) is 2.18. The fourth-order valence-electron chi connectivity index (χ4n) is 1.09. The third-order valence-electron chi connectivity index (χ3n) is 1.84. The Morgan fingerprint density at radius 3 is 2.27 bits per heavy atom. The van der Waals surface area contributed by atoms with Gasteiger partial charge in [-0.25, -0.2) is 0 Å². The normalized spacial score (nSPS) is 11.1. The number of alkyl halides is 3. The van der Waals surface area contributed by atoms with E-state index in [1.54, 1.807) is 0 Å². The van der Waals surface area contributed by atoms with Gasteiger partial charge >= 0.3 is 6.18 Å². The van der Waals surface area contributed by atoms with E-state index in [1.807, 2.05) is 0 Å². The van der Waals surface area contributed by atoms with E-state index in [0.29, 0.717) is 13.1 Å². The third-order valence-corrected chi connectivity index (χ3v) is 1.84. The molecule has 1 nitrogen and oxygen atoms in total. The molecule has 0 fully saturated rings. The summed E-state index contributed by atoms with van der Waals surface area (Å²) in [6.07, 6.45) is 0.740. The van der Waals surface area contributed by atoms with Crippen molar-refractivity contribution in [3.05, 3.63) is 35.4 Å². The summed E-state index contributed by atoms with van der Waals surface area (Å²) >= 11 is 0. The van der Waals surface area contributed by atoms with Crippen LogP contribution in [0.4, 0.5) is 13.2 Å². The highest BCUT2D eigenvalue weighted by atomic mass is 19.4. The first kappa shape index (κ1) is 11.6. The van der Waals surface area contributed by atoms with Gasteiger partial charge in [0.2, 0.25) is 0 Å². The predicted octanol–water partition coefficient (Wildman–Crippen LogP) is 2.43. The summed E-state index contributed by atoms with van der Waals surface area (Å²) in [6.45, 7) is 0.878. The summed E-state index contributed by atoms with van der Waals surface area (Å²) in [6, 6.07) is 5.00. The number of hydrogen-bond donors (Lipinski definition) is 1. The standard InChI is InChI=1S/C11H10F3N/c1-2-7-15-8-9-3-5-10(6-4-9)11(12,13)14/h1,3-6,15H,7-8H2. The zero-order valence-corrected chi connectivity index (χ0v) is 7.93. The van der Waals surface area contributed by atoms with Gasteiger partial charge in [0.25, 0.3) is 0 Å². The molecule has 0 saturated heterocycles. The number of rotatable bonds is 3. The zero-order valence-electron chi connectivity index (χ0n) is 7.93. The van der Waals surface area contributed by atoms with E-state index in [0.717, 1.165) is 17.7 Å². The molecule has 0 bridgehead atoms. The molecule has 1 aromatic carbocycles. The van der Waals surface area contributed by atoms with E-state index < -0.39 is 11.7 Å². The first-order valence-electron chi connectivity index (χ1n) is 4.34. The van der Waals surface area contributed by atoms with Crippen LogP contribution in [0.5, 0.6) is 0 Å². The molecule has 0 aliphatic carbocycles. The zero-order chi connectivity index (χ0) is 11.3. The van der Waals surface area contributed by atoms with Crippen LogP contribution in [-0.2, 0) is 12.7 Å². The molecule has 1 aromatic rings. The highest BCUT2D eigenvalue weighted by molar-refractivity contribution is 5.24. The van der Waals surface area contributed by atoms with Crippen molar-refractivity contribution < 1.29 is 13.2 Å². The second kappa shape index (κ2) is 4.85. The summed E-state index contributed by atoms with van der Waals surface area (Å²) in [5.74, 6) is 2.38. The van der Waals surface area contributed by atoms with Crippen molar-refractivity contribution in [1.82, 2.24) is 5.32 Å². The second-order valence-corrected chi connectivity index (χ2v) is 3.00. The summed E-state index contributed by atoms with van der Waals surface area (Å²) in [4.78, 5) is 0. The fourth-order valence-corrected chi connectivity index (χ4v) is 1.09. The van der Waals surface area contributed by atoms with Crippen molar-refractivity contribution in [2.75, 3.05) is 6.54 Å². The van der Waals surface area contributed by atoms with Gasteiger partial charge < -0.3 is 5.32 Å². The van der Waals surface area contributed by atoms with Gasteiger partial charge in [0, 0.05) is 6.54 Å². The van der Waals surface area contributed by atoms with Gasteiger partial charge in [-0.15, -0.1) is 6.42 Å². The van der Waals surface area contributed by atoms with Gasteiger partial charge in [-0.3, -0.25) is 0 Å². The lowest BCUT2D eigenvalue weighted by Crippen LogP contribution is -2.13. The maximum absolute atomic E-state index is 12.2. The molecule has 0 unspecified atom stereocenters. The van der Waals surface area contributed by atoms with Crippen LogP contribution in [0.2, 0.25) is 0 Å². The van der Waals surface area contributed by atoms with Crippen LogP contribution in [0, 0.1) is 12.3 Å². The van der Waals surface area contributed by atoms with Crippen LogP contribution in [0.3, 0.4) is 0 Å². The lowest BCUT2D eigenvalue weighted by atomic mass is 10.1. The molecule has 0 aliphatic rings. The molecule has 0 radical (unpaired) electrons. The number of hydrogen-bond acceptors (Lipinski definition) is 1. The molecule has 80 valence electrons. The Kier molecular flexibility index (Phi) is 3.75. The van der Waals surface area contributed by atoms with Crippen molar-refractivity contribution in [3.8, 4) is 12.3 Å². The van der Waals surface area contributed by atoms with E-state index in [9.17, 15) is 13.2 Å². The van der Waals surface area contributed by atoms with Gasteiger partial charge in [0.1, 0.15) is 0 Å². The number of nitrogens with one attached hydrogen (secondary N) is 1. The Morgan fingerprint density at radius 1 is 1.20 bits per heavy atom.